The molecule has 1 aromatic rings. The van der Waals surface area contributed by atoms with Gasteiger partial charge in [-0.05, 0) is 25.0 Å². The van der Waals surface area contributed by atoms with Crippen molar-refractivity contribution < 1.29 is 14.7 Å². The molecule has 1 heterocycles. The maximum absolute atomic E-state index is 11.7. The molecule has 0 radical (unpaired) electrons. The van der Waals surface area contributed by atoms with E-state index in [0.29, 0.717) is 11.5 Å². The van der Waals surface area contributed by atoms with Crippen molar-refractivity contribution in [3.05, 3.63) is 29.6 Å². The monoisotopic (exact) mass is 236 g/mol. The highest BCUT2D eigenvalue weighted by Crippen LogP contribution is 2.04. The fourth-order valence-electron chi connectivity index (χ4n) is 1.11. The molecule has 1 aromatic heterocycles. The number of carbonyl (C=O) groups is 2. The average Bonchev–Trinajstić information content (AvgIpc) is 2.28. The molecule has 92 valence electrons. The molecule has 5 nitrogen and oxygen atoms in total. The topological polar surface area (TPSA) is 79.3 Å². The Kier molecular flexibility index (Phi) is 4.20. The summed E-state index contributed by atoms with van der Waals surface area (Å²) < 4.78 is 0. The summed E-state index contributed by atoms with van der Waals surface area (Å²) in [7, 11) is 0. The van der Waals surface area contributed by atoms with Gasteiger partial charge in [-0.2, -0.15) is 0 Å². The predicted octanol–water partition coefficient (Wildman–Crippen LogP) is 1.55. The lowest BCUT2D eigenvalue weighted by molar-refractivity contribution is 0.0689. The van der Waals surface area contributed by atoms with E-state index in [2.05, 4.69) is 10.3 Å². The zero-order valence-corrected chi connectivity index (χ0v) is 10.1. The minimum atomic E-state index is -1.10. The quantitative estimate of drug-likeness (QED) is 0.831. The highest BCUT2D eigenvalue weighted by Gasteiger charge is 2.13. The largest absolute Gasteiger partial charge is 0.477 e. The van der Waals surface area contributed by atoms with Crippen LogP contribution in [0.15, 0.2) is 18.3 Å². The number of carboxylic acids is 1. The van der Waals surface area contributed by atoms with Crippen LogP contribution in [-0.4, -0.2) is 28.0 Å². The van der Waals surface area contributed by atoms with Crippen LogP contribution in [0.4, 0.5) is 0 Å². The summed E-state index contributed by atoms with van der Waals surface area (Å²) in [4.78, 5) is 26.0. The number of aromatic nitrogens is 1. The Morgan fingerprint density at radius 3 is 2.35 bits per heavy atom. The van der Waals surface area contributed by atoms with Crippen LogP contribution in [0.3, 0.4) is 0 Å². The van der Waals surface area contributed by atoms with Gasteiger partial charge in [0.1, 0.15) is 5.69 Å². The summed E-state index contributed by atoms with van der Waals surface area (Å²) in [6.07, 6.45) is 1.27. The smallest absolute Gasteiger partial charge is 0.354 e. The second-order valence-corrected chi connectivity index (χ2v) is 4.24. The van der Waals surface area contributed by atoms with Crippen LogP contribution >= 0.6 is 0 Å². The van der Waals surface area contributed by atoms with Crippen molar-refractivity contribution in [3.8, 4) is 0 Å². The number of nitrogens with one attached hydrogen (secondary N) is 1. The van der Waals surface area contributed by atoms with E-state index in [1.165, 1.54) is 18.3 Å². The Hall–Kier alpha value is -1.91. The third-order valence-corrected chi connectivity index (χ3v) is 2.60. The van der Waals surface area contributed by atoms with Crippen LogP contribution in [0.1, 0.15) is 41.6 Å². The number of carbonyl (C=O) groups excluding carboxylic acids is 1. The summed E-state index contributed by atoms with van der Waals surface area (Å²) in [5.74, 6) is -1.01. The van der Waals surface area contributed by atoms with Gasteiger partial charge in [0.05, 0.1) is 5.56 Å². The lowest BCUT2D eigenvalue weighted by Crippen LogP contribution is -2.36. The first kappa shape index (κ1) is 13.2. The number of hydrogen-bond donors (Lipinski definition) is 2. The van der Waals surface area contributed by atoms with Gasteiger partial charge in [0.25, 0.3) is 5.91 Å². The van der Waals surface area contributed by atoms with Gasteiger partial charge in [0.15, 0.2) is 0 Å². The zero-order chi connectivity index (χ0) is 13.0. The molecular formula is C12H16N2O3. The Balaban J connectivity index is 2.73. The first-order valence-corrected chi connectivity index (χ1v) is 5.42. The first-order valence-electron chi connectivity index (χ1n) is 5.42. The number of rotatable bonds is 4. The van der Waals surface area contributed by atoms with Gasteiger partial charge in [-0.1, -0.05) is 13.8 Å². The molecule has 1 unspecified atom stereocenters. The average molecular weight is 236 g/mol. The zero-order valence-electron chi connectivity index (χ0n) is 10.1. The lowest BCUT2D eigenvalue weighted by atomic mass is 10.1. The molecule has 0 bridgehead atoms. The van der Waals surface area contributed by atoms with Crippen LogP contribution in [-0.2, 0) is 0 Å². The number of pyridine rings is 1. The number of aromatic carboxylic acids is 1. The molecule has 17 heavy (non-hydrogen) atoms. The molecule has 2 N–H and O–H groups in total. The second-order valence-electron chi connectivity index (χ2n) is 4.24. The Bertz CT molecular complexity index is 412. The van der Waals surface area contributed by atoms with Gasteiger partial charge in [-0.25, -0.2) is 9.78 Å². The number of carboxylic acid groups (broad SMARTS) is 1. The SMILES string of the molecule is CC(C)C(C)NC(=O)c1ccc(C(=O)O)nc1. The summed E-state index contributed by atoms with van der Waals surface area (Å²) in [6.45, 7) is 5.94. The van der Waals surface area contributed by atoms with Gasteiger partial charge in [0.2, 0.25) is 0 Å². The highest BCUT2D eigenvalue weighted by molar-refractivity contribution is 5.95. The molecule has 1 atom stereocenters. The Morgan fingerprint density at radius 2 is 1.94 bits per heavy atom. The minimum Gasteiger partial charge on any atom is -0.477 e. The molecule has 0 aliphatic rings. The van der Waals surface area contributed by atoms with Crippen LogP contribution in [0.2, 0.25) is 0 Å². The molecule has 0 saturated heterocycles. The third kappa shape index (κ3) is 3.55. The van der Waals surface area contributed by atoms with Crippen LogP contribution in [0, 0.1) is 5.92 Å². The molecule has 0 saturated carbocycles. The van der Waals surface area contributed by atoms with Gasteiger partial charge in [0, 0.05) is 12.2 Å². The fourth-order valence-corrected chi connectivity index (χ4v) is 1.11. The van der Waals surface area contributed by atoms with Crippen molar-refractivity contribution in [1.82, 2.24) is 10.3 Å². The summed E-state index contributed by atoms with van der Waals surface area (Å²) in [6, 6.07) is 2.83. The van der Waals surface area contributed by atoms with E-state index < -0.39 is 5.97 Å². The van der Waals surface area contributed by atoms with Gasteiger partial charge in [-0.3, -0.25) is 4.79 Å². The van der Waals surface area contributed by atoms with Crippen molar-refractivity contribution in [2.45, 2.75) is 26.8 Å². The van der Waals surface area contributed by atoms with Gasteiger partial charge < -0.3 is 10.4 Å². The standard InChI is InChI=1S/C12H16N2O3/c1-7(2)8(3)14-11(15)9-4-5-10(12(16)17)13-6-9/h4-8H,1-3H3,(H,14,15)(H,16,17). The van der Waals surface area contributed by atoms with E-state index in [-0.39, 0.29) is 17.6 Å². The molecule has 1 amide bonds. The maximum atomic E-state index is 11.7. The summed E-state index contributed by atoms with van der Waals surface area (Å²) in [5, 5.41) is 11.5. The van der Waals surface area contributed by atoms with Crippen molar-refractivity contribution >= 4 is 11.9 Å². The molecule has 0 spiro atoms. The third-order valence-electron chi connectivity index (χ3n) is 2.60. The number of nitrogens with zero attached hydrogens (tertiary/aromatic N) is 1. The molecule has 0 aliphatic heterocycles. The van der Waals surface area contributed by atoms with Crippen molar-refractivity contribution in [2.75, 3.05) is 0 Å². The van der Waals surface area contributed by atoms with Crippen molar-refractivity contribution in [3.63, 3.8) is 0 Å². The van der Waals surface area contributed by atoms with E-state index in [1.54, 1.807) is 0 Å². The molecule has 0 aromatic carbocycles. The van der Waals surface area contributed by atoms with Crippen LogP contribution in [0.5, 0.6) is 0 Å². The summed E-state index contributed by atoms with van der Waals surface area (Å²) in [5.41, 5.74) is 0.293. The molecule has 1 rings (SSSR count). The van der Waals surface area contributed by atoms with E-state index >= 15 is 0 Å². The van der Waals surface area contributed by atoms with E-state index in [0.717, 1.165) is 0 Å². The van der Waals surface area contributed by atoms with Gasteiger partial charge in [-0.15, -0.1) is 0 Å². The van der Waals surface area contributed by atoms with Crippen molar-refractivity contribution in [2.24, 2.45) is 5.92 Å². The second kappa shape index (κ2) is 5.43. The lowest BCUT2D eigenvalue weighted by Gasteiger charge is -2.17. The highest BCUT2D eigenvalue weighted by atomic mass is 16.4. The first-order chi connectivity index (χ1) is 7.91. The molecule has 0 aliphatic carbocycles. The minimum absolute atomic E-state index is 0.0571. The molecule has 5 heteroatoms. The van der Waals surface area contributed by atoms with Gasteiger partial charge >= 0.3 is 5.97 Å². The molecule has 0 fully saturated rings. The predicted molar refractivity (Wildman–Crippen MR) is 63.0 cm³/mol. The normalized spacial score (nSPS) is 12.2. The Labute approximate surface area is 99.9 Å². The molecular weight excluding hydrogens is 220 g/mol. The maximum Gasteiger partial charge on any atom is 0.354 e. The van der Waals surface area contributed by atoms with Crippen LogP contribution in [0.25, 0.3) is 0 Å². The number of hydrogen-bond acceptors (Lipinski definition) is 3. The van der Waals surface area contributed by atoms with Crippen molar-refractivity contribution in [1.29, 1.82) is 0 Å². The number of amides is 1. The van der Waals surface area contributed by atoms with Crippen LogP contribution < -0.4 is 5.32 Å². The fraction of sp³-hybridized carbons (Fsp3) is 0.417. The van der Waals surface area contributed by atoms with E-state index in [1.807, 2.05) is 20.8 Å². The van der Waals surface area contributed by atoms with E-state index in [4.69, 9.17) is 5.11 Å². The summed E-state index contributed by atoms with van der Waals surface area (Å²) >= 11 is 0. The Morgan fingerprint density at radius 1 is 1.29 bits per heavy atom. The van der Waals surface area contributed by atoms with E-state index in [9.17, 15) is 9.59 Å².